The number of amides is 1. The molecule has 0 aromatic heterocycles. The van der Waals surface area contributed by atoms with Crippen molar-refractivity contribution in [1.29, 1.82) is 0 Å². The van der Waals surface area contributed by atoms with Crippen LogP contribution in [-0.4, -0.2) is 43.8 Å². The molecule has 4 heteroatoms. The first-order valence-corrected chi connectivity index (χ1v) is 7.65. The van der Waals surface area contributed by atoms with Gasteiger partial charge in [0.1, 0.15) is 0 Å². The minimum absolute atomic E-state index is 0.287. The fourth-order valence-corrected chi connectivity index (χ4v) is 3.51. The Labute approximate surface area is 116 Å². The standard InChI is InChI=1S/C15H28N2O2/c1-11-4-6-17(7-5-11)10-13-9-14(8-12(13)2)16-15(18)19-3/h11-14H,4-10H2,1-3H3,(H,16,18)/t12-,13+,14+/m0/s1. The fourth-order valence-electron chi connectivity index (χ4n) is 3.51. The Kier molecular flexibility index (Phi) is 5.08. The second-order valence-electron chi connectivity index (χ2n) is 6.52. The van der Waals surface area contributed by atoms with Crippen LogP contribution in [0.3, 0.4) is 0 Å². The third kappa shape index (κ3) is 4.10. The van der Waals surface area contributed by atoms with Crippen molar-refractivity contribution < 1.29 is 9.53 Å². The van der Waals surface area contributed by atoms with Crippen molar-refractivity contribution in [3.63, 3.8) is 0 Å². The molecule has 2 fully saturated rings. The summed E-state index contributed by atoms with van der Waals surface area (Å²) < 4.78 is 4.68. The molecule has 1 heterocycles. The van der Waals surface area contributed by atoms with Crippen molar-refractivity contribution in [3.8, 4) is 0 Å². The van der Waals surface area contributed by atoms with Crippen LogP contribution in [0.5, 0.6) is 0 Å². The van der Waals surface area contributed by atoms with Crippen molar-refractivity contribution in [1.82, 2.24) is 10.2 Å². The molecule has 0 aromatic carbocycles. The summed E-state index contributed by atoms with van der Waals surface area (Å²) in [5, 5.41) is 2.95. The van der Waals surface area contributed by atoms with Crippen molar-refractivity contribution >= 4 is 6.09 Å². The zero-order valence-corrected chi connectivity index (χ0v) is 12.5. The van der Waals surface area contributed by atoms with E-state index in [1.807, 2.05) is 0 Å². The lowest BCUT2D eigenvalue weighted by molar-refractivity contribution is 0.154. The van der Waals surface area contributed by atoms with E-state index in [4.69, 9.17) is 0 Å². The molecule has 4 nitrogen and oxygen atoms in total. The first kappa shape index (κ1) is 14.6. The van der Waals surface area contributed by atoms with Gasteiger partial charge in [-0.15, -0.1) is 0 Å². The number of methoxy groups -OCH3 is 1. The number of carbonyl (C=O) groups excluding carboxylic acids is 1. The Morgan fingerprint density at radius 1 is 1.26 bits per heavy atom. The van der Waals surface area contributed by atoms with Crippen LogP contribution in [0, 0.1) is 17.8 Å². The number of rotatable bonds is 3. The minimum atomic E-state index is -0.287. The van der Waals surface area contributed by atoms with Gasteiger partial charge in [0.15, 0.2) is 0 Å². The Bertz CT molecular complexity index is 301. The normalized spacial score (nSPS) is 33.3. The second kappa shape index (κ2) is 6.60. The molecule has 0 aromatic rings. The molecular formula is C15H28N2O2. The van der Waals surface area contributed by atoms with Gasteiger partial charge in [-0.2, -0.15) is 0 Å². The predicted octanol–water partition coefficient (Wildman–Crippen LogP) is 2.49. The van der Waals surface area contributed by atoms with Crippen LogP contribution in [0.25, 0.3) is 0 Å². The molecule has 1 saturated heterocycles. The lowest BCUT2D eigenvalue weighted by Crippen LogP contribution is -2.37. The molecule has 1 saturated carbocycles. The lowest BCUT2D eigenvalue weighted by Gasteiger charge is -2.33. The Hall–Kier alpha value is -0.770. The maximum Gasteiger partial charge on any atom is 0.407 e. The summed E-state index contributed by atoms with van der Waals surface area (Å²) in [4.78, 5) is 13.9. The van der Waals surface area contributed by atoms with Crippen LogP contribution >= 0.6 is 0 Å². The third-order valence-electron chi connectivity index (χ3n) is 4.92. The van der Waals surface area contributed by atoms with Gasteiger partial charge in [0.2, 0.25) is 0 Å². The van der Waals surface area contributed by atoms with Crippen LogP contribution in [0.2, 0.25) is 0 Å². The van der Waals surface area contributed by atoms with Crippen LogP contribution in [-0.2, 0) is 4.74 Å². The Morgan fingerprint density at radius 3 is 2.58 bits per heavy atom. The zero-order valence-electron chi connectivity index (χ0n) is 12.5. The fraction of sp³-hybridized carbons (Fsp3) is 0.933. The van der Waals surface area contributed by atoms with E-state index >= 15 is 0 Å². The SMILES string of the molecule is COC(=O)N[C@H]1C[C@H](CN2CCC(C)CC2)[C@@H](C)C1. The summed E-state index contributed by atoms with van der Waals surface area (Å²) in [6.07, 6.45) is 4.58. The van der Waals surface area contributed by atoms with E-state index in [0.717, 1.165) is 24.7 Å². The molecule has 1 aliphatic heterocycles. The smallest absolute Gasteiger partial charge is 0.407 e. The molecule has 0 bridgehead atoms. The summed E-state index contributed by atoms with van der Waals surface area (Å²) in [6, 6.07) is 0.302. The predicted molar refractivity (Wildman–Crippen MR) is 76.1 cm³/mol. The molecule has 0 spiro atoms. The van der Waals surface area contributed by atoms with E-state index in [1.54, 1.807) is 0 Å². The summed E-state index contributed by atoms with van der Waals surface area (Å²) >= 11 is 0. The molecule has 1 amide bonds. The molecule has 0 unspecified atom stereocenters. The highest BCUT2D eigenvalue weighted by molar-refractivity contribution is 5.67. The highest BCUT2D eigenvalue weighted by atomic mass is 16.5. The average molecular weight is 268 g/mol. The van der Waals surface area contributed by atoms with Gasteiger partial charge < -0.3 is 15.0 Å². The van der Waals surface area contributed by atoms with E-state index in [0.29, 0.717) is 12.0 Å². The lowest BCUT2D eigenvalue weighted by atomic mass is 9.94. The number of ether oxygens (including phenoxy) is 1. The summed E-state index contributed by atoms with van der Waals surface area (Å²) in [5.74, 6) is 2.31. The van der Waals surface area contributed by atoms with Crippen LogP contribution in [0.15, 0.2) is 0 Å². The average Bonchev–Trinajstić information content (AvgIpc) is 2.72. The number of carbonyl (C=O) groups is 1. The summed E-state index contributed by atoms with van der Waals surface area (Å²) in [7, 11) is 1.43. The van der Waals surface area contributed by atoms with E-state index < -0.39 is 0 Å². The summed E-state index contributed by atoms with van der Waals surface area (Å²) in [5.41, 5.74) is 0. The first-order chi connectivity index (χ1) is 9.08. The highest BCUT2D eigenvalue weighted by Gasteiger charge is 2.33. The molecule has 110 valence electrons. The second-order valence-corrected chi connectivity index (χ2v) is 6.52. The Balaban J connectivity index is 1.76. The minimum Gasteiger partial charge on any atom is -0.453 e. The first-order valence-electron chi connectivity index (χ1n) is 7.65. The molecule has 1 N–H and O–H groups in total. The van der Waals surface area contributed by atoms with E-state index in [2.05, 4.69) is 28.8 Å². The number of hydrogen-bond donors (Lipinski definition) is 1. The van der Waals surface area contributed by atoms with Gasteiger partial charge in [-0.25, -0.2) is 4.79 Å². The van der Waals surface area contributed by atoms with Crippen LogP contribution in [0.1, 0.15) is 39.5 Å². The number of alkyl carbamates (subject to hydrolysis) is 1. The van der Waals surface area contributed by atoms with Crippen molar-refractivity contribution in [2.45, 2.75) is 45.6 Å². The molecule has 1 aliphatic carbocycles. The zero-order chi connectivity index (χ0) is 13.8. The number of likely N-dealkylation sites (tertiary alicyclic amines) is 1. The van der Waals surface area contributed by atoms with Crippen LogP contribution < -0.4 is 5.32 Å². The Morgan fingerprint density at radius 2 is 1.95 bits per heavy atom. The van der Waals surface area contributed by atoms with Crippen molar-refractivity contribution in [2.24, 2.45) is 17.8 Å². The number of piperidine rings is 1. The largest absolute Gasteiger partial charge is 0.453 e. The van der Waals surface area contributed by atoms with Crippen molar-refractivity contribution in [2.75, 3.05) is 26.7 Å². The third-order valence-corrected chi connectivity index (χ3v) is 4.92. The number of nitrogens with one attached hydrogen (secondary N) is 1. The van der Waals surface area contributed by atoms with E-state index in [1.165, 1.54) is 39.6 Å². The molecule has 2 aliphatic rings. The topological polar surface area (TPSA) is 41.6 Å². The maximum atomic E-state index is 11.3. The molecular weight excluding hydrogens is 240 g/mol. The quantitative estimate of drug-likeness (QED) is 0.855. The van der Waals surface area contributed by atoms with Gasteiger partial charge in [0.05, 0.1) is 7.11 Å². The van der Waals surface area contributed by atoms with E-state index in [-0.39, 0.29) is 6.09 Å². The summed E-state index contributed by atoms with van der Waals surface area (Å²) in [6.45, 7) is 8.37. The maximum absolute atomic E-state index is 11.3. The molecule has 3 atom stereocenters. The molecule has 0 radical (unpaired) electrons. The monoisotopic (exact) mass is 268 g/mol. The van der Waals surface area contributed by atoms with Gasteiger partial charge in [-0.05, 0) is 56.5 Å². The molecule has 19 heavy (non-hydrogen) atoms. The van der Waals surface area contributed by atoms with Gasteiger partial charge in [-0.1, -0.05) is 13.8 Å². The highest BCUT2D eigenvalue weighted by Crippen LogP contribution is 2.33. The van der Waals surface area contributed by atoms with E-state index in [9.17, 15) is 4.79 Å². The van der Waals surface area contributed by atoms with Crippen LogP contribution in [0.4, 0.5) is 4.79 Å². The number of hydrogen-bond acceptors (Lipinski definition) is 3. The van der Waals surface area contributed by atoms with Crippen molar-refractivity contribution in [3.05, 3.63) is 0 Å². The number of nitrogens with zero attached hydrogens (tertiary/aromatic N) is 1. The molecule has 2 rings (SSSR count). The van der Waals surface area contributed by atoms with Gasteiger partial charge >= 0.3 is 6.09 Å². The van der Waals surface area contributed by atoms with Gasteiger partial charge in [0.25, 0.3) is 0 Å². The van der Waals surface area contributed by atoms with Gasteiger partial charge in [0, 0.05) is 12.6 Å². The van der Waals surface area contributed by atoms with Gasteiger partial charge in [-0.3, -0.25) is 0 Å².